The van der Waals surface area contributed by atoms with Crippen LogP contribution in [-0.2, 0) is 4.79 Å². The molecule has 0 heterocycles. The number of aliphatic hydroxyl groups excluding tert-OH is 1. The second kappa shape index (κ2) is 26.6. The predicted octanol–water partition coefficient (Wildman–Crippen LogP) is 6.92. The molecule has 0 spiro atoms. The van der Waals surface area contributed by atoms with Gasteiger partial charge in [0.1, 0.15) is 0 Å². The van der Waals surface area contributed by atoms with Gasteiger partial charge in [-0.05, 0) is 31.1 Å². The van der Waals surface area contributed by atoms with Gasteiger partial charge in [0.25, 0.3) is 0 Å². The molecule has 0 saturated heterocycles. The smallest absolute Gasteiger partial charge is 0.220 e. The zero-order chi connectivity index (χ0) is 22.7. The molecule has 3 nitrogen and oxygen atoms in total. The molecular formula is C28H49NO2. The second-order valence-electron chi connectivity index (χ2n) is 8.58. The molecule has 0 aromatic carbocycles. The van der Waals surface area contributed by atoms with Gasteiger partial charge in [0.15, 0.2) is 0 Å². The average Bonchev–Trinajstić information content (AvgIpc) is 2.78. The third kappa shape index (κ3) is 26.5. The zero-order valence-corrected chi connectivity index (χ0v) is 20.4. The minimum Gasteiger partial charge on any atom is -0.395 e. The lowest BCUT2D eigenvalue weighted by atomic mass is 10.1. The van der Waals surface area contributed by atoms with Gasteiger partial charge in [-0.25, -0.2) is 0 Å². The maximum absolute atomic E-state index is 11.4. The first-order valence-corrected chi connectivity index (χ1v) is 13.1. The molecule has 0 aliphatic rings. The van der Waals surface area contributed by atoms with Crippen molar-refractivity contribution in [2.24, 2.45) is 0 Å². The molecular weight excluding hydrogens is 382 g/mol. The summed E-state index contributed by atoms with van der Waals surface area (Å²) in [6, 6.07) is 0. The summed E-state index contributed by atoms with van der Waals surface area (Å²) in [7, 11) is 0. The molecule has 178 valence electrons. The van der Waals surface area contributed by atoms with Gasteiger partial charge in [-0.3, -0.25) is 4.79 Å². The van der Waals surface area contributed by atoms with E-state index >= 15 is 0 Å². The molecule has 0 radical (unpaired) electrons. The van der Waals surface area contributed by atoms with Crippen LogP contribution in [0, 0.1) is 23.7 Å². The first-order valence-electron chi connectivity index (χ1n) is 13.1. The molecule has 0 rings (SSSR count). The lowest BCUT2D eigenvalue weighted by Gasteiger charge is -2.03. The van der Waals surface area contributed by atoms with Crippen molar-refractivity contribution in [2.45, 2.75) is 135 Å². The molecule has 1 amide bonds. The van der Waals surface area contributed by atoms with Gasteiger partial charge in [-0.15, -0.1) is 0 Å². The van der Waals surface area contributed by atoms with Crippen LogP contribution in [0.15, 0.2) is 0 Å². The highest BCUT2D eigenvalue weighted by atomic mass is 16.3. The molecule has 0 aliphatic carbocycles. The van der Waals surface area contributed by atoms with E-state index in [1.165, 1.54) is 89.9 Å². The first-order chi connectivity index (χ1) is 15.3. The molecule has 0 bridgehead atoms. The minimum absolute atomic E-state index is 0.0135. The monoisotopic (exact) mass is 431 g/mol. The van der Waals surface area contributed by atoms with Crippen LogP contribution in [0.1, 0.15) is 135 Å². The normalized spacial score (nSPS) is 10.1. The summed E-state index contributed by atoms with van der Waals surface area (Å²) in [5.74, 6) is 12.4. The Labute approximate surface area is 193 Å². The van der Waals surface area contributed by atoms with Gasteiger partial charge < -0.3 is 10.4 Å². The Bertz CT molecular complexity index is 507. The summed E-state index contributed by atoms with van der Waals surface area (Å²) >= 11 is 0. The van der Waals surface area contributed by atoms with Crippen LogP contribution >= 0.6 is 0 Å². The molecule has 2 N–H and O–H groups in total. The fourth-order valence-electron chi connectivity index (χ4n) is 3.58. The number of carbonyl (C=O) groups is 1. The molecule has 0 saturated carbocycles. The van der Waals surface area contributed by atoms with Gasteiger partial charge >= 0.3 is 0 Å². The Morgan fingerprint density at radius 2 is 1.06 bits per heavy atom. The summed E-state index contributed by atoms with van der Waals surface area (Å²) < 4.78 is 0. The predicted molar refractivity (Wildman–Crippen MR) is 134 cm³/mol. The lowest BCUT2D eigenvalue weighted by Crippen LogP contribution is -2.25. The molecule has 0 aliphatic heterocycles. The number of nitrogens with one attached hydrogen (secondary N) is 1. The SMILES string of the molecule is CCCCCCCCCCCCCC#CC#CCCCCCCCCC(=O)NCCO. The fourth-order valence-corrected chi connectivity index (χ4v) is 3.58. The van der Waals surface area contributed by atoms with E-state index in [-0.39, 0.29) is 12.5 Å². The number of aliphatic hydroxyl groups is 1. The van der Waals surface area contributed by atoms with E-state index in [4.69, 9.17) is 5.11 Å². The summed E-state index contributed by atoms with van der Waals surface area (Å²) in [5, 5.41) is 11.3. The Morgan fingerprint density at radius 1 is 0.645 bits per heavy atom. The standard InChI is InChI=1S/C28H49NO2/c1-2-3-4-5-6-7-8-9-10-11-12-13-14-15-16-17-18-19-20-21-22-23-24-25-28(31)29-26-27-30/h30H,2-13,18-27H2,1H3,(H,29,31). The van der Waals surface area contributed by atoms with Crippen molar-refractivity contribution in [1.82, 2.24) is 5.32 Å². The van der Waals surface area contributed by atoms with Crippen LogP contribution in [-0.4, -0.2) is 24.2 Å². The number of unbranched alkanes of at least 4 members (excludes halogenated alkanes) is 17. The quantitative estimate of drug-likeness (QED) is 0.153. The third-order valence-electron chi connectivity index (χ3n) is 5.53. The third-order valence-corrected chi connectivity index (χ3v) is 5.53. The van der Waals surface area contributed by atoms with E-state index in [1.807, 2.05) is 0 Å². The van der Waals surface area contributed by atoms with E-state index in [1.54, 1.807) is 0 Å². The maximum Gasteiger partial charge on any atom is 0.220 e. The summed E-state index contributed by atoms with van der Waals surface area (Å²) in [4.78, 5) is 11.4. The highest BCUT2D eigenvalue weighted by Crippen LogP contribution is 2.11. The highest BCUT2D eigenvalue weighted by Gasteiger charge is 1.99. The van der Waals surface area contributed by atoms with E-state index in [9.17, 15) is 4.79 Å². The summed E-state index contributed by atoms with van der Waals surface area (Å²) in [6.07, 6.45) is 24.4. The van der Waals surface area contributed by atoms with Crippen LogP contribution < -0.4 is 5.32 Å². The number of rotatable bonds is 21. The van der Waals surface area contributed by atoms with E-state index in [0.29, 0.717) is 13.0 Å². The van der Waals surface area contributed by atoms with Crippen molar-refractivity contribution in [3.63, 3.8) is 0 Å². The van der Waals surface area contributed by atoms with Gasteiger partial charge in [-0.1, -0.05) is 109 Å². The molecule has 3 heteroatoms. The van der Waals surface area contributed by atoms with E-state index in [2.05, 4.69) is 35.9 Å². The zero-order valence-electron chi connectivity index (χ0n) is 20.4. The van der Waals surface area contributed by atoms with Crippen LogP contribution in [0.3, 0.4) is 0 Å². The number of hydrogen-bond acceptors (Lipinski definition) is 2. The Morgan fingerprint density at radius 3 is 1.52 bits per heavy atom. The highest BCUT2D eigenvalue weighted by molar-refractivity contribution is 5.75. The maximum atomic E-state index is 11.4. The van der Waals surface area contributed by atoms with Crippen LogP contribution in [0.4, 0.5) is 0 Å². The van der Waals surface area contributed by atoms with Crippen LogP contribution in [0.5, 0.6) is 0 Å². The Kier molecular flexibility index (Phi) is 25.3. The molecule has 0 aromatic heterocycles. The van der Waals surface area contributed by atoms with Gasteiger partial charge in [-0.2, -0.15) is 0 Å². The summed E-state index contributed by atoms with van der Waals surface area (Å²) in [6.45, 7) is 2.65. The first kappa shape index (κ1) is 29.5. The Balaban J connectivity index is 3.28. The fraction of sp³-hybridized carbons (Fsp3) is 0.821. The lowest BCUT2D eigenvalue weighted by molar-refractivity contribution is -0.121. The van der Waals surface area contributed by atoms with Crippen LogP contribution in [0.2, 0.25) is 0 Å². The summed E-state index contributed by atoms with van der Waals surface area (Å²) in [5.41, 5.74) is 0. The molecule has 0 atom stereocenters. The van der Waals surface area contributed by atoms with Crippen molar-refractivity contribution in [3.05, 3.63) is 0 Å². The van der Waals surface area contributed by atoms with Crippen molar-refractivity contribution < 1.29 is 9.90 Å². The van der Waals surface area contributed by atoms with Crippen LogP contribution in [0.25, 0.3) is 0 Å². The van der Waals surface area contributed by atoms with Crippen molar-refractivity contribution in [1.29, 1.82) is 0 Å². The molecule has 31 heavy (non-hydrogen) atoms. The number of hydrogen-bond donors (Lipinski definition) is 2. The molecule has 0 aromatic rings. The van der Waals surface area contributed by atoms with Gasteiger partial charge in [0.2, 0.25) is 5.91 Å². The topological polar surface area (TPSA) is 49.3 Å². The molecule has 0 fully saturated rings. The minimum atomic E-state index is 0.0135. The van der Waals surface area contributed by atoms with E-state index < -0.39 is 0 Å². The number of carbonyl (C=O) groups excluding carboxylic acids is 1. The average molecular weight is 432 g/mol. The van der Waals surface area contributed by atoms with Gasteiger partial charge in [0, 0.05) is 25.8 Å². The van der Waals surface area contributed by atoms with Crippen molar-refractivity contribution in [2.75, 3.05) is 13.2 Å². The van der Waals surface area contributed by atoms with E-state index in [0.717, 1.165) is 32.1 Å². The number of amides is 1. The van der Waals surface area contributed by atoms with Crippen molar-refractivity contribution >= 4 is 5.91 Å². The second-order valence-corrected chi connectivity index (χ2v) is 8.58. The van der Waals surface area contributed by atoms with Gasteiger partial charge in [0.05, 0.1) is 6.61 Å². The Hall–Kier alpha value is -1.45. The molecule has 0 unspecified atom stereocenters. The largest absolute Gasteiger partial charge is 0.395 e. The van der Waals surface area contributed by atoms with Crippen molar-refractivity contribution in [3.8, 4) is 23.7 Å².